The largest absolute Gasteiger partial charge is 0.466 e. The zero-order valence-corrected chi connectivity index (χ0v) is 12.0. The van der Waals surface area contributed by atoms with Gasteiger partial charge in [0.05, 0.1) is 12.5 Å². The van der Waals surface area contributed by atoms with E-state index in [1.54, 1.807) is 0 Å². The zero-order chi connectivity index (χ0) is 13.7. The van der Waals surface area contributed by atoms with Crippen molar-refractivity contribution < 1.29 is 9.53 Å². The number of ether oxygens (including phenoxy) is 1. The van der Waals surface area contributed by atoms with Crippen LogP contribution in [0.1, 0.15) is 25.3 Å². The lowest BCUT2D eigenvalue weighted by molar-refractivity contribution is -0.150. The highest BCUT2D eigenvalue weighted by Gasteiger charge is 2.26. The molecule has 1 aliphatic heterocycles. The van der Waals surface area contributed by atoms with E-state index in [0.717, 1.165) is 43.1 Å². The molecule has 1 aliphatic rings. The molecule has 1 saturated heterocycles. The molecule has 0 saturated carbocycles. The average Bonchev–Trinajstić information content (AvgIpc) is 2.42. The lowest BCUT2D eigenvalue weighted by atomic mass is 9.98. The van der Waals surface area contributed by atoms with Gasteiger partial charge in [0.15, 0.2) is 0 Å². The fraction of sp³-hybridized carbons (Fsp3) is 0.533. The van der Waals surface area contributed by atoms with Crippen molar-refractivity contribution in [3.8, 4) is 0 Å². The zero-order valence-electron chi connectivity index (χ0n) is 11.3. The fourth-order valence-corrected chi connectivity index (χ4v) is 2.71. The number of halogens is 1. The van der Waals surface area contributed by atoms with Gasteiger partial charge in [-0.25, -0.2) is 0 Å². The van der Waals surface area contributed by atoms with Crippen LogP contribution in [0.15, 0.2) is 24.3 Å². The second-order valence-electron chi connectivity index (χ2n) is 4.92. The van der Waals surface area contributed by atoms with Gasteiger partial charge in [-0.1, -0.05) is 29.8 Å². The first-order chi connectivity index (χ1) is 9.20. The smallest absolute Gasteiger partial charge is 0.310 e. The standard InChI is InChI=1S/C15H20ClNO2/c1-2-19-15(18)13-7-5-9-17(11-13)10-12-6-3-4-8-14(12)16/h3-4,6,8,13H,2,5,7,9-11H2,1H3/t13-/m0/s1. The quantitative estimate of drug-likeness (QED) is 0.794. The summed E-state index contributed by atoms with van der Waals surface area (Å²) >= 11 is 6.17. The Balaban J connectivity index is 1.94. The number of carbonyl (C=O) groups is 1. The van der Waals surface area contributed by atoms with Crippen molar-refractivity contribution in [3.05, 3.63) is 34.9 Å². The van der Waals surface area contributed by atoms with Crippen LogP contribution in [0.25, 0.3) is 0 Å². The van der Waals surface area contributed by atoms with Crippen LogP contribution in [-0.4, -0.2) is 30.6 Å². The maximum atomic E-state index is 11.8. The van der Waals surface area contributed by atoms with Crippen LogP contribution in [0.2, 0.25) is 5.02 Å². The molecule has 0 bridgehead atoms. The van der Waals surface area contributed by atoms with Crippen LogP contribution in [0.4, 0.5) is 0 Å². The van der Waals surface area contributed by atoms with Crippen molar-refractivity contribution >= 4 is 17.6 Å². The second-order valence-corrected chi connectivity index (χ2v) is 5.32. The fourth-order valence-electron chi connectivity index (χ4n) is 2.52. The summed E-state index contributed by atoms with van der Waals surface area (Å²) in [5.41, 5.74) is 1.12. The minimum absolute atomic E-state index is 0.0104. The average molecular weight is 282 g/mol. The molecule has 0 spiro atoms. The molecule has 1 aromatic rings. The molecular weight excluding hydrogens is 262 g/mol. The van der Waals surface area contributed by atoms with Gasteiger partial charge in [-0.05, 0) is 37.9 Å². The first-order valence-corrected chi connectivity index (χ1v) is 7.21. The molecule has 0 amide bonds. The van der Waals surface area contributed by atoms with E-state index in [4.69, 9.17) is 16.3 Å². The summed E-state index contributed by atoms with van der Waals surface area (Å²) < 4.78 is 5.11. The number of esters is 1. The predicted octanol–water partition coefficient (Wildman–Crippen LogP) is 3.12. The van der Waals surface area contributed by atoms with Crippen molar-refractivity contribution in [1.29, 1.82) is 0 Å². The monoisotopic (exact) mass is 281 g/mol. The molecule has 0 radical (unpaired) electrons. The Labute approximate surface area is 119 Å². The first-order valence-electron chi connectivity index (χ1n) is 6.83. The van der Waals surface area contributed by atoms with Gasteiger partial charge in [-0.15, -0.1) is 0 Å². The summed E-state index contributed by atoms with van der Waals surface area (Å²) in [5.74, 6) is -0.0532. The molecule has 3 nitrogen and oxygen atoms in total. The Kier molecular flexibility index (Phi) is 5.23. The van der Waals surface area contributed by atoms with E-state index < -0.39 is 0 Å². The topological polar surface area (TPSA) is 29.5 Å². The molecule has 0 aliphatic carbocycles. The summed E-state index contributed by atoms with van der Waals surface area (Å²) in [6.07, 6.45) is 1.96. The first kappa shape index (κ1) is 14.4. The van der Waals surface area contributed by atoms with E-state index in [2.05, 4.69) is 4.90 Å². The van der Waals surface area contributed by atoms with Crippen LogP contribution >= 0.6 is 11.6 Å². The number of likely N-dealkylation sites (tertiary alicyclic amines) is 1. The normalized spacial score (nSPS) is 20.2. The highest BCUT2D eigenvalue weighted by atomic mass is 35.5. The Morgan fingerprint density at radius 3 is 3.00 bits per heavy atom. The van der Waals surface area contributed by atoms with Crippen LogP contribution in [0, 0.1) is 5.92 Å². The van der Waals surface area contributed by atoms with E-state index in [1.807, 2.05) is 31.2 Å². The minimum atomic E-state index is -0.0636. The molecular formula is C15H20ClNO2. The number of hydrogen-bond donors (Lipinski definition) is 0. The van der Waals surface area contributed by atoms with Crippen LogP contribution in [0.5, 0.6) is 0 Å². The van der Waals surface area contributed by atoms with E-state index in [0.29, 0.717) is 6.61 Å². The minimum Gasteiger partial charge on any atom is -0.466 e. The van der Waals surface area contributed by atoms with Crippen LogP contribution in [0.3, 0.4) is 0 Å². The Bertz CT molecular complexity index is 436. The molecule has 0 unspecified atom stereocenters. The summed E-state index contributed by atoms with van der Waals surface area (Å²) in [5, 5.41) is 0.792. The molecule has 19 heavy (non-hydrogen) atoms. The highest BCUT2D eigenvalue weighted by Crippen LogP contribution is 2.22. The Morgan fingerprint density at radius 1 is 1.47 bits per heavy atom. The van der Waals surface area contributed by atoms with Crippen molar-refractivity contribution in [3.63, 3.8) is 0 Å². The van der Waals surface area contributed by atoms with Crippen LogP contribution in [-0.2, 0) is 16.1 Å². The Morgan fingerprint density at radius 2 is 2.26 bits per heavy atom. The predicted molar refractivity (Wildman–Crippen MR) is 76.1 cm³/mol. The van der Waals surface area contributed by atoms with Crippen molar-refractivity contribution in [2.75, 3.05) is 19.7 Å². The molecule has 1 aromatic carbocycles. The Hall–Kier alpha value is -1.06. The van der Waals surface area contributed by atoms with Gasteiger partial charge >= 0.3 is 5.97 Å². The van der Waals surface area contributed by atoms with Crippen molar-refractivity contribution in [2.24, 2.45) is 5.92 Å². The number of rotatable bonds is 4. The van der Waals surface area contributed by atoms with Gasteiger partial charge < -0.3 is 4.74 Å². The van der Waals surface area contributed by atoms with Gasteiger partial charge in [0.1, 0.15) is 0 Å². The highest BCUT2D eigenvalue weighted by molar-refractivity contribution is 6.31. The maximum absolute atomic E-state index is 11.8. The van der Waals surface area contributed by atoms with E-state index >= 15 is 0 Å². The summed E-state index contributed by atoms with van der Waals surface area (Å²) in [6.45, 7) is 4.89. The lowest BCUT2D eigenvalue weighted by Crippen LogP contribution is -2.38. The third-order valence-electron chi connectivity index (χ3n) is 3.48. The molecule has 1 atom stereocenters. The molecule has 0 N–H and O–H groups in total. The van der Waals surface area contributed by atoms with E-state index in [-0.39, 0.29) is 11.9 Å². The number of hydrogen-bond acceptors (Lipinski definition) is 3. The molecule has 1 fully saturated rings. The number of piperidine rings is 1. The van der Waals surface area contributed by atoms with Gasteiger partial charge in [-0.2, -0.15) is 0 Å². The van der Waals surface area contributed by atoms with Crippen molar-refractivity contribution in [1.82, 2.24) is 4.90 Å². The summed E-state index contributed by atoms with van der Waals surface area (Å²) in [4.78, 5) is 14.1. The number of nitrogens with zero attached hydrogens (tertiary/aromatic N) is 1. The third-order valence-corrected chi connectivity index (χ3v) is 3.85. The molecule has 2 rings (SSSR count). The molecule has 1 heterocycles. The van der Waals surface area contributed by atoms with Gasteiger partial charge in [0.2, 0.25) is 0 Å². The number of benzene rings is 1. The van der Waals surface area contributed by atoms with Gasteiger partial charge in [0.25, 0.3) is 0 Å². The molecule has 4 heteroatoms. The second kappa shape index (κ2) is 6.92. The van der Waals surface area contributed by atoms with E-state index in [9.17, 15) is 4.79 Å². The maximum Gasteiger partial charge on any atom is 0.310 e. The van der Waals surface area contributed by atoms with E-state index in [1.165, 1.54) is 0 Å². The van der Waals surface area contributed by atoms with Gasteiger partial charge in [0, 0.05) is 18.1 Å². The summed E-state index contributed by atoms with van der Waals surface area (Å²) in [6, 6.07) is 7.87. The van der Waals surface area contributed by atoms with Crippen molar-refractivity contribution in [2.45, 2.75) is 26.3 Å². The SMILES string of the molecule is CCOC(=O)[C@H]1CCCN(Cc2ccccc2Cl)C1. The lowest BCUT2D eigenvalue weighted by Gasteiger charge is -2.31. The summed E-state index contributed by atoms with van der Waals surface area (Å²) in [7, 11) is 0. The molecule has 0 aromatic heterocycles. The van der Waals surface area contributed by atoms with Crippen LogP contribution < -0.4 is 0 Å². The molecule has 104 valence electrons. The third kappa shape index (κ3) is 3.95. The number of carbonyl (C=O) groups excluding carboxylic acids is 1. The van der Waals surface area contributed by atoms with Gasteiger partial charge in [-0.3, -0.25) is 9.69 Å².